The number of para-hydroxylation sites is 1. The molecule has 23 heavy (non-hydrogen) atoms. The maximum Gasteiger partial charge on any atom is 0.261 e. The number of ether oxygens (including phenoxy) is 1. The van der Waals surface area contributed by atoms with Gasteiger partial charge in [-0.3, -0.25) is 4.79 Å². The topological polar surface area (TPSA) is 38.3 Å². The molecule has 3 nitrogen and oxygen atoms in total. The summed E-state index contributed by atoms with van der Waals surface area (Å²) in [6.45, 7) is 5.92. The highest BCUT2D eigenvalue weighted by atomic mass is 35.5. The van der Waals surface area contributed by atoms with Gasteiger partial charge in [0.15, 0.2) is 6.10 Å². The predicted octanol–water partition coefficient (Wildman–Crippen LogP) is 4.68. The first-order valence-corrected chi connectivity index (χ1v) is 8.17. The van der Waals surface area contributed by atoms with Gasteiger partial charge in [0.05, 0.1) is 11.1 Å². The summed E-state index contributed by atoms with van der Waals surface area (Å²) >= 11 is 6.09. The minimum absolute atomic E-state index is 0.0769. The molecule has 2 aromatic carbocycles. The van der Waals surface area contributed by atoms with Gasteiger partial charge in [-0.25, -0.2) is 0 Å². The second kappa shape index (κ2) is 8.02. The van der Waals surface area contributed by atoms with E-state index in [1.807, 2.05) is 57.2 Å². The van der Waals surface area contributed by atoms with Gasteiger partial charge in [0.2, 0.25) is 0 Å². The summed E-state index contributed by atoms with van der Waals surface area (Å²) in [6.07, 6.45) is 0.000284. The molecular formula is C19H22ClNO2. The van der Waals surface area contributed by atoms with E-state index in [1.54, 1.807) is 12.1 Å². The van der Waals surface area contributed by atoms with Crippen LogP contribution in [0.25, 0.3) is 0 Å². The Morgan fingerprint density at radius 3 is 2.43 bits per heavy atom. The van der Waals surface area contributed by atoms with Crippen molar-refractivity contribution in [2.24, 2.45) is 0 Å². The number of hydrogen-bond donors (Lipinski definition) is 1. The zero-order valence-corrected chi connectivity index (χ0v) is 14.4. The number of benzene rings is 2. The van der Waals surface area contributed by atoms with Crippen LogP contribution in [0.2, 0.25) is 5.02 Å². The van der Waals surface area contributed by atoms with Crippen LogP contribution in [-0.2, 0) is 4.79 Å². The molecule has 122 valence electrons. The third-order valence-corrected chi connectivity index (χ3v) is 4.02. The fraction of sp³-hybridized carbons (Fsp3) is 0.316. The molecule has 0 spiro atoms. The molecule has 0 saturated heterocycles. The van der Waals surface area contributed by atoms with E-state index in [1.165, 1.54) is 5.56 Å². The largest absolute Gasteiger partial charge is 0.479 e. The second-order valence-electron chi connectivity index (χ2n) is 5.59. The van der Waals surface area contributed by atoms with Gasteiger partial charge >= 0.3 is 0 Å². The molecule has 0 aliphatic heterocycles. The van der Waals surface area contributed by atoms with E-state index in [0.717, 1.165) is 5.56 Å². The van der Waals surface area contributed by atoms with Crippen molar-refractivity contribution in [2.75, 3.05) is 0 Å². The maximum atomic E-state index is 12.5. The van der Waals surface area contributed by atoms with Crippen molar-refractivity contribution in [2.45, 2.75) is 39.3 Å². The molecule has 1 amide bonds. The Hall–Kier alpha value is -2.00. The quantitative estimate of drug-likeness (QED) is 0.834. The summed E-state index contributed by atoms with van der Waals surface area (Å²) in [5, 5.41) is 3.50. The van der Waals surface area contributed by atoms with Gasteiger partial charge in [-0.1, -0.05) is 60.5 Å². The normalized spacial score (nSPS) is 13.2. The van der Waals surface area contributed by atoms with Crippen LogP contribution in [0, 0.1) is 6.92 Å². The Balaban J connectivity index is 2.02. The summed E-state index contributed by atoms with van der Waals surface area (Å²) in [7, 11) is 0. The van der Waals surface area contributed by atoms with Gasteiger partial charge in [0.25, 0.3) is 5.91 Å². The molecule has 0 radical (unpaired) electrons. The Morgan fingerprint density at radius 1 is 1.17 bits per heavy atom. The van der Waals surface area contributed by atoms with Gasteiger partial charge in [-0.2, -0.15) is 0 Å². The van der Waals surface area contributed by atoms with Crippen molar-refractivity contribution in [3.8, 4) is 5.75 Å². The third-order valence-electron chi connectivity index (χ3n) is 3.71. The van der Waals surface area contributed by atoms with Gasteiger partial charge in [-0.05, 0) is 38.0 Å². The average molecular weight is 332 g/mol. The molecule has 2 rings (SSSR count). The molecule has 0 bridgehead atoms. The number of hydrogen-bond acceptors (Lipinski definition) is 2. The molecule has 0 saturated carbocycles. The van der Waals surface area contributed by atoms with Crippen molar-refractivity contribution in [1.29, 1.82) is 0 Å². The van der Waals surface area contributed by atoms with E-state index < -0.39 is 6.10 Å². The van der Waals surface area contributed by atoms with Crippen LogP contribution in [0.15, 0.2) is 48.5 Å². The van der Waals surface area contributed by atoms with Crippen LogP contribution in [0.1, 0.15) is 37.4 Å². The van der Waals surface area contributed by atoms with E-state index in [4.69, 9.17) is 16.3 Å². The van der Waals surface area contributed by atoms with Crippen LogP contribution in [0.3, 0.4) is 0 Å². The minimum atomic E-state index is -0.567. The van der Waals surface area contributed by atoms with Crippen molar-refractivity contribution >= 4 is 17.5 Å². The number of carbonyl (C=O) groups is 1. The fourth-order valence-electron chi connectivity index (χ4n) is 2.26. The van der Waals surface area contributed by atoms with E-state index in [9.17, 15) is 4.79 Å². The number of carbonyl (C=O) groups excluding carboxylic acids is 1. The van der Waals surface area contributed by atoms with E-state index in [2.05, 4.69) is 5.32 Å². The van der Waals surface area contributed by atoms with Gasteiger partial charge in [0.1, 0.15) is 5.75 Å². The summed E-state index contributed by atoms with van der Waals surface area (Å²) in [6, 6.07) is 15.2. The molecule has 0 heterocycles. The first-order chi connectivity index (χ1) is 11.0. The monoisotopic (exact) mass is 331 g/mol. The Labute approximate surface area is 142 Å². The van der Waals surface area contributed by atoms with E-state index in [-0.39, 0.29) is 11.9 Å². The number of amides is 1. The predicted molar refractivity (Wildman–Crippen MR) is 93.9 cm³/mol. The summed E-state index contributed by atoms with van der Waals surface area (Å²) in [5.74, 6) is 0.389. The highest BCUT2D eigenvalue weighted by Crippen LogP contribution is 2.25. The van der Waals surface area contributed by atoms with E-state index >= 15 is 0 Å². The van der Waals surface area contributed by atoms with Gasteiger partial charge in [0, 0.05) is 0 Å². The molecule has 0 unspecified atom stereocenters. The highest BCUT2D eigenvalue weighted by Gasteiger charge is 2.21. The first kappa shape index (κ1) is 17.4. The van der Waals surface area contributed by atoms with Crippen LogP contribution in [-0.4, -0.2) is 12.0 Å². The lowest BCUT2D eigenvalue weighted by molar-refractivity contribution is -0.128. The summed E-state index contributed by atoms with van der Waals surface area (Å²) < 4.78 is 5.77. The molecule has 0 aliphatic rings. The van der Waals surface area contributed by atoms with Gasteiger partial charge < -0.3 is 10.1 Å². The minimum Gasteiger partial charge on any atom is -0.479 e. The van der Waals surface area contributed by atoms with E-state index in [0.29, 0.717) is 17.2 Å². The first-order valence-electron chi connectivity index (χ1n) is 7.79. The Bertz CT molecular complexity index is 655. The molecule has 2 aromatic rings. The standard InChI is InChI=1S/C19H22ClNO2/c1-4-17(23-18-8-6-5-7-16(18)20)19(22)21-14(3)15-11-9-13(2)10-12-15/h5-12,14,17H,4H2,1-3H3,(H,21,22)/t14-,17+/m0/s1. The summed E-state index contributed by atoms with van der Waals surface area (Å²) in [4.78, 5) is 12.5. The lowest BCUT2D eigenvalue weighted by Crippen LogP contribution is -2.39. The zero-order valence-electron chi connectivity index (χ0n) is 13.7. The molecule has 1 N–H and O–H groups in total. The van der Waals surface area contributed by atoms with Crippen LogP contribution >= 0.6 is 11.6 Å². The highest BCUT2D eigenvalue weighted by molar-refractivity contribution is 6.32. The summed E-state index contributed by atoms with van der Waals surface area (Å²) in [5.41, 5.74) is 2.26. The Morgan fingerprint density at radius 2 is 1.83 bits per heavy atom. The van der Waals surface area contributed by atoms with Crippen LogP contribution in [0.5, 0.6) is 5.75 Å². The maximum absolute atomic E-state index is 12.5. The molecule has 0 fully saturated rings. The lowest BCUT2D eigenvalue weighted by Gasteiger charge is -2.21. The van der Waals surface area contributed by atoms with Crippen LogP contribution < -0.4 is 10.1 Å². The SMILES string of the molecule is CC[C@@H](Oc1ccccc1Cl)C(=O)N[C@@H](C)c1ccc(C)cc1. The molecule has 0 aromatic heterocycles. The third kappa shape index (κ3) is 4.73. The van der Waals surface area contributed by atoms with Crippen molar-refractivity contribution in [3.63, 3.8) is 0 Å². The number of halogens is 1. The lowest BCUT2D eigenvalue weighted by atomic mass is 10.1. The second-order valence-corrected chi connectivity index (χ2v) is 5.99. The van der Waals surface area contributed by atoms with Crippen molar-refractivity contribution in [3.05, 3.63) is 64.7 Å². The molecule has 4 heteroatoms. The molecule has 0 aliphatic carbocycles. The number of aryl methyl sites for hydroxylation is 1. The van der Waals surface area contributed by atoms with Gasteiger partial charge in [-0.15, -0.1) is 0 Å². The molecular weight excluding hydrogens is 310 g/mol. The fourth-order valence-corrected chi connectivity index (χ4v) is 2.44. The Kier molecular flexibility index (Phi) is 6.05. The zero-order chi connectivity index (χ0) is 16.8. The van der Waals surface area contributed by atoms with Crippen molar-refractivity contribution in [1.82, 2.24) is 5.32 Å². The van der Waals surface area contributed by atoms with Crippen LogP contribution in [0.4, 0.5) is 0 Å². The smallest absolute Gasteiger partial charge is 0.261 e. The number of nitrogens with one attached hydrogen (secondary N) is 1. The average Bonchev–Trinajstić information content (AvgIpc) is 2.54. The van der Waals surface area contributed by atoms with Crippen molar-refractivity contribution < 1.29 is 9.53 Å². The molecule has 2 atom stereocenters. The number of rotatable bonds is 6.